The molecule has 3 aliphatic carbocycles. The molecule has 0 atom stereocenters. The van der Waals surface area contributed by atoms with E-state index in [1.807, 2.05) is 93.1 Å². The minimum atomic E-state index is 0.685. The second-order valence-corrected chi connectivity index (χ2v) is 23.4. The fraction of sp³-hybridized carbons (Fsp3) is 0.304. The summed E-state index contributed by atoms with van der Waals surface area (Å²) in [6.45, 7) is 2.79. The number of hydrogen-bond donors (Lipinski definition) is 0. The van der Waals surface area contributed by atoms with E-state index >= 15 is 0 Å². The Hall–Kier alpha value is -11.0. The molecule has 0 N–H and O–H groups in total. The summed E-state index contributed by atoms with van der Waals surface area (Å²) in [7, 11) is 15.5. The van der Waals surface area contributed by atoms with Gasteiger partial charge in [-0.15, -0.1) is 10.2 Å². The third-order valence-electron chi connectivity index (χ3n) is 16.6. The molecular weight excluding hydrogens is 1180 g/mol. The smallest absolute Gasteiger partial charge is 0.133 e. The Morgan fingerprint density at radius 1 is 0.387 bits per heavy atom. The molecule has 0 unspecified atom stereocenters. The second-order valence-electron chi connectivity index (χ2n) is 23.4. The van der Waals surface area contributed by atoms with Crippen molar-refractivity contribution in [2.75, 3.05) is 77.0 Å². The quantitative estimate of drug-likeness (QED) is 0.0650. The summed E-state index contributed by atoms with van der Waals surface area (Å²) in [5, 5.41) is 24.6. The molecule has 0 aliphatic heterocycles. The van der Waals surface area contributed by atoms with Crippen LogP contribution >= 0.6 is 0 Å². The number of anilines is 6. The minimum absolute atomic E-state index is 0.685. The summed E-state index contributed by atoms with van der Waals surface area (Å²) < 4.78 is 36.3. The van der Waals surface area contributed by atoms with E-state index in [1.54, 1.807) is 90.1 Å². The molecule has 12 aromatic rings. The Morgan fingerprint density at radius 2 is 0.763 bits per heavy atom. The van der Waals surface area contributed by atoms with E-state index in [0.717, 1.165) is 133 Å². The van der Waals surface area contributed by atoms with Crippen LogP contribution in [0.1, 0.15) is 38.5 Å². The fourth-order valence-electron chi connectivity index (χ4n) is 10.9. The second kappa shape index (κ2) is 26.8. The van der Waals surface area contributed by atoms with E-state index in [2.05, 4.69) is 96.9 Å². The van der Waals surface area contributed by atoms with Crippen LogP contribution in [0.2, 0.25) is 0 Å². The zero-order valence-electron chi connectivity index (χ0n) is 53.5. The molecule has 0 bridgehead atoms. The third-order valence-corrected chi connectivity index (χ3v) is 16.6. The van der Waals surface area contributed by atoms with Crippen molar-refractivity contribution in [1.82, 2.24) is 74.9 Å². The fourth-order valence-corrected chi connectivity index (χ4v) is 10.9. The molecule has 6 aromatic heterocycles. The van der Waals surface area contributed by atoms with Gasteiger partial charge in [-0.2, -0.15) is 15.0 Å². The van der Waals surface area contributed by atoms with Crippen molar-refractivity contribution in [2.45, 2.75) is 38.5 Å². The summed E-state index contributed by atoms with van der Waals surface area (Å²) in [4.78, 5) is 36.6. The number of rotatable bonds is 21. The van der Waals surface area contributed by atoms with Crippen LogP contribution in [-0.2, 0) is 21.1 Å². The zero-order valence-corrected chi connectivity index (χ0v) is 53.5. The van der Waals surface area contributed by atoms with E-state index in [4.69, 9.17) is 43.4 Å². The molecule has 3 fully saturated rings. The molecule has 93 heavy (non-hydrogen) atoms. The molecule has 24 nitrogen and oxygen atoms in total. The largest absolute Gasteiger partial charge is 0.497 e. The number of nitrogens with zero attached hydrogens (tertiary/aromatic N) is 18. The first kappa shape index (κ1) is 60.8. The Labute approximate surface area is 537 Å². The summed E-state index contributed by atoms with van der Waals surface area (Å²) in [5.41, 5.74) is 15.6. The van der Waals surface area contributed by atoms with Crippen LogP contribution in [0.3, 0.4) is 0 Å². The van der Waals surface area contributed by atoms with Crippen molar-refractivity contribution in [3.63, 3.8) is 0 Å². The van der Waals surface area contributed by atoms with Crippen LogP contribution < -0.4 is 43.1 Å². The highest BCUT2D eigenvalue weighted by Crippen LogP contribution is 2.42. The van der Waals surface area contributed by atoms with Gasteiger partial charge in [0.25, 0.3) is 0 Å². The number of aryl methyl sites for hydroxylation is 3. The van der Waals surface area contributed by atoms with E-state index in [1.165, 1.54) is 43.3 Å². The van der Waals surface area contributed by atoms with Gasteiger partial charge in [0.15, 0.2) is 0 Å². The molecular formula is C69H72N18O6. The maximum Gasteiger partial charge on any atom is 0.133 e. The van der Waals surface area contributed by atoms with E-state index in [-0.39, 0.29) is 0 Å². The van der Waals surface area contributed by atoms with Gasteiger partial charge in [-0.05, 0) is 111 Å². The minimum Gasteiger partial charge on any atom is -0.497 e. The van der Waals surface area contributed by atoms with Gasteiger partial charge in [-0.1, -0.05) is 10.4 Å². The van der Waals surface area contributed by atoms with E-state index in [9.17, 15) is 0 Å². The first-order valence-electron chi connectivity index (χ1n) is 30.8. The van der Waals surface area contributed by atoms with Gasteiger partial charge in [-0.25, -0.2) is 19.6 Å². The number of hydrogen-bond acceptors (Lipinski definition) is 21. The predicted octanol–water partition coefficient (Wildman–Crippen LogP) is 12.0. The molecule has 3 aliphatic rings. The lowest BCUT2D eigenvalue weighted by Crippen LogP contribution is -2.20. The van der Waals surface area contributed by atoms with Crippen LogP contribution in [0.25, 0.3) is 67.3 Å². The monoisotopic (exact) mass is 1250 g/mol. The van der Waals surface area contributed by atoms with E-state index in [0.29, 0.717) is 40.5 Å². The molecule has 0 saturated heterocycles. The van der Waals surface area contributed by atoms with Gasteiger partial charge in [-0.3, -0.25) is 19.6 Å². The molecule has 6 aromatic carbocycles. The third kappa shape index (κ3) is 14.3. The summed E-state index contributed by atoms with van der Waals surface area (Å²) in [6.07, 6.45) is 18.0. The molecule has 0 amide bonds. The Balaban J connectivity index is 0.000000127. The van der Waals surface area contributed by atoms with Crippen LogP contribution in [0.4, 0.5) is 34.1 Å². The van der Waals surface area contributed by atoms with E-state index < -0.39 is 0 Å². The zero-order chi connectivity index (χ0) is 64.1. The van der Waals surface area contributed by atoms with Crippen molar-refractivity contribution in [2.24, 2.45) is 38.9 Å². The summed E-state index contributed by atoms with van der Waals surface area (Å²) in [5.74, 6) is 6.65. The number of ether oxygens (including phenoxy) is 6. The highest BCUT2D eigenvalue weighted by molar-refractivity contribution is 5.85. The highest BCUT2D eigenvalue weighted by atomic mass is 16.5. The van der Waals surface area contributed by atoms with Crippen molar-refractivity contribution in [1.29, 1.82) is 0 Å². The Bertz CT molecular complexity index is 4360. The van der Waals surface area contributed by atoms with Crippen molar-refractivity contribution in [3.05, 3.63) is 146 Å². The molecule has 6 heterocycles. The van der Waals surface area contributed by atoms with Crippen molar-refractivity contribution >= 4 is 67.2 Å². The molecule has 474 valence electrons. The SMILES string of the molecule is COc1cc(OC)cc(N(CC2CC2)c2ccc3ncc(-c4cn(C)nn4)nc3c2)c1.COc1cc(OC)cc(N(CC2CC2)c2ccc3ncc(-c4cnn(C)n4)nc3c2)c1.COc1cc(OC)cc(N(CC2CC2)c2ccc3ncc(-c4cnnn4C)nc3c2)c1. The number of fused-ring (bicyclic) bond motifs is 3. The topological polar surface area (TPSA) is 235 Å². The number of benzene rings is 6. The lowest BCUT2D eigenvalue weighted by Gasteiger charge is -2.26. The van der Waals surface area contributed by atoms with Crippen LogP contribution in [0, 0.1) is 17.8 Å². The van der Waals surface area contributed by atoms with Gasteiger partial charge in [0, 0.05) is 129 Å². The maximum absolute atomic E-state index is 5.50. The highest BCUT2D eigenvalue weighted by Gasteiger charge is 2.29. The van der Waals surface area contributed by atoms with Crippen molar-refractivity contribution in [3.8, 4) is 68.7 Å². The first-order valence-corrected chi connectivity index (χ1v) is 30.8. The predicted molar refractivity (Wildman–Crippen MR) is 356 cm³/mol. The lowest BCUT2D eigenvalue weighted by atomic mass is 10.1. The lowest BCUT2D eigenvalue weighted by molar-refractivity contribution is 0.394. The molecule has 3 saturated carbocycles. The number of aromatic nitrogens is 15. The maximum atomic E-state index is 5.50. The van der Waals surface area contributed by atoms with Gasteiger partial charge < -0.3 is 43.1 Å². The average Bonchev–Trinajstić information content (AvgIpc) is 1.18. The molecule has 24 heteroatoms. The Morgan fingerprint density at radius 3 is 1.09 bits per heavy atom. The first-order chi connectivity index (χ1) is 45.4. The van der Waals surface area contributed by atoms with Crippen LogP contribution in [0.5, 0.6) is 34.5 Å². The van der Waals surface area contributed by atoms with Crippen molar-refractivity contribution < 1.29 is 28.4 Å². The normalized spacial score (nSPS) is 13.4. The van der Waals surface area contributed by atoms with Gasteiger partial charge in [0.05, 0.1) is 113 Å². The van der Waals surface area contributed by atoms with Gasteiger partial charge in [0.1, 0.15) is 68.7 Å². The Kier molecular flexibility index (Phi) is 17.5. The molecule has 15 rings (SSSR count). The van der Waals surface area contributed by atoms with Gasteiger partial charge >= 0.3 is 0 Å². The average molecular weight is 1250 g/mol. The molecule has 0 radical (unpaired) electrons. The summed E-state index contributed by atoms with van der Waals surface area (Å²) in [6, 6.07) is 36.5. The van der Waals surface area contributed by atoms with Gasteiger partial charge in [0.2, 0.25) is 0 Å². The number of methoxy groups -OCH3 is 6. The summed E-state index contributed by atoms with van der Waals surface area (Å²) >= 11 is 0. The molecule has 0 spiro atoms. The standard InChI is InChI=1S/3C23H24N6O2/c1-28-23(13-25-27-28)22-12-24-20-7-6-16(10-21(20)26-22)29(14-15-4-5-15)17-8-18(30-2)11-19(9-17)31-3;1-28-25-13-23(27-28)22-12-24-20-7-6-16(10-21(20)26-22)29(14-15-4-5-15)17-8-18(30-2)11-19(9-17)31-3;1-28-14-23(26-27-28)22-12-24-20-7-6-16(10-21(20)25-22)29(13-15-4-5-15)17-8-18(30-2)11-19(9-17)31-3/h2*6-13,15H,4-5,14H2,1-3H3;6-12,14-15H,4-5,13H2,1-3H3. The van der Waals surface area contributed by atoms with Crippen LogP contribution in [-0.4, -0.2) is 137 Å². The van der Waals surface area contributed by atoms with Crippen LogP contribution in [0.15, 0.2) is 146 Å².